The van der Waals surface area contributed by atoms with Gasteiger partial charge < -0.3 is 14.7 Å². The van der Waals surface area contributed by atoms with E-state index in [2.05, 4.69) is 0 Å². The van der Waals surface area contributed by atoms with Gasteiger partial charge in [0, 0.05) is 12.4 Å². The van der Waals surface area contributed by atoms with Crippen LogP contribution in [0.5, 0.6) is 0 Å². The van der Waals surface area contributed by atoms with Gasteiger partial charge in [-0.3, -0.25) is 4.79 Å². The Labute approximate surface area is 104 Å². The quantitative estimate of drug-likeness (QED) is 0.799. The Morgan fingerprint density at radius 1 is 1.53 bits per heavy atom. The van der Waals surface area contributed by atoms with Crippen LogP contribution in [0.15, 0.2) is 0 Å². The maximum atomic E-state index is 12.4. The molecule has 0 aromatic rings. The average Bonchev–Trinajstić information content (AvgIpc) is 2.85. The van der Waals surface area contributed by atoms with Gasteiger partial charge in [0.25, 0.3) is 5.91 Å². The van der Waals surface area contributed by atoms with Crippen molar-refractivity contribution in [3.8, 4) is 0 Å². The van der Waals surface area contributed by atoms with Gasteiger partial charge in [-0.15, -0.1) is 11.8 Å². The number of carboxylic acid groups (broad SMARTS) is 1. The summed E-state index contributed by atoms with van der Waals surface area (Å²) in [6.45, 7) is 4.20. The van der Waals surface area contributed by atoms with Gasteiger partial charge in [-0.1, -0.05) is 0 Å². The molecule has 0 bridgehead atoms. The number of thioether (sulfide) groups is 1. The molecule has 17 heavy (non-hydrogen) atoms. The van der Waals surface area contributed by atoms with Gasteiger partial charge in [-0.05, 0) is 26.7 Å². The van der Waals surface area contributed by atoms with E-state index in [9.17, 15) is 9.59 Å². The number of carbonyl (C=O) groups is 2. The van der Waals surface area contributed by atoms with Crippen LogP contribution in [0, 0.1) is 0 Å². The molecule has 2 aliphatic rings. The second-order valence-corrected chi connectivity index (χ2v) is 6.03. The lowest BCUT2D eigenvalue weighted by Crippen LogP contribution is -2.53. The van der Waals surface area contributed by atoms with Crippen molar-refractivity contribution < 1.29 is 19.4 Å². The predicted octanol–water partition coefficient (Wildman–Crippen LogP) is 0.930. The molecule has 6 heteroatoms. The first-order valence-corrected chi connectivity index (χ1v) is 6.82. The van der Waals surface area contributed by atoms with Crippen LogP contribution in [0.3, 0.4) is 0 Å². The number of aliphatic carboxylic acids is 1. The molecule has 2 rings (SSSR count). The third-order valence-corrected chi connectivity index (χ3v) is 4.63. The Kier molecular flexibility index (Phi) is 3.36. The SMILES string of the molecule is CC1SCC(C(=O)O)N1C(=O)C1(C)CCCO1. The Morgan fingerprint density at radius 2 is 2.24 bits per heavy atom. The Morgan fingerprint density at radius 3 is 2.76 bits per heavy atom. The minimum atomic E-state index is -0.934. The fourth-order valence-electron chi connectivity index (χ4n) is 2.36. The monoisotopic (exact) mass is 259 g/mol. The summed E-state index contributed by atoms with van der Waals surface area (Å²) in [6, 6.07) is -0.719. The number of amides is 1. The van der Waals surface area contributed by atoms with Crippen LogP contribution < -0.4 is 0 Å². The normalized spacial score (nSPS) is 37.4. The molecule has 3 unspecified atom stereocenters. The molecule has 0 aromatic heterocycles. The highest BCUT2D eigenvalue weighted by atomic mass is 32.2. The molecule has 5 nitrogen and oxygen atoms in total. The molecule has 0 saturated carbocycles. The van der Waals surface area contributed by atoms with Gasteiger partial charge >= 0.3 is 5.97 Å². The Hall–Kier alpha value is -0.750. The number of hydrogen-bond donors (Lipinski definition) is 1. The smallest absolute Gasteiger partial charge is 0.327 e. The zero-order valence-electron chi connectivity index (χ0n) is 10.0. The molecule has 0 spiro atoms. The molecule has 1 N–H and O–H groups in total. The molecule has 2 fully saturated rings. The lowest BCUT2D eigenvalue weighted by atomic mass is 10.00. The van der Waals surface area contributed by atoms with Gasteiger partial charge in [-0.2, -0.15) is 0 Å². The van der Waals surface area contributed by atoms with Crippen molar-refractivity contribution in [3.63, 3.8) is 0 Å². The van der Waals surface area contributed by atoms with Crippen LogP contribution in [-0.2, 0) is 14.3 Å². The summed E-state index contributed by atoms with van der Waals surface area (Å²) in [7, 11) is 0. The zero-order valence-corrected chi connectivity index (χ0v) is 10.8. The van der Waals surface area contributed by atoms with E-state index in [0.29, 0.717) is 18.8 Å². The predicted molar refractivity (Wildman–Crippen MR) is 63.8 cm³/mol. The zero-order chi connectivity index (χ0) is 12.6. The number of nitrogens with zero attached hydrogens (tertiary/aromatic N) is 1. The summed E-state index contributed by atoms with van der Waals surface area (Å²) >= 11 is 1.50. The second-order valence-electron chi connectivity index (χ2n) is 4.68. The van der Waals surface area contributed by atoms with E-state index in [1.807, 2.05) is 6.92 Å². The third kappa shape index (κ3) is 2.15. The molecule has 0 aromatic carbocycles. The van der Waals surface area contributed by atoms with E-state index in [4.69, 9.17) is 9.84 Å². The summed E-state index contributed by atoms with van der Waals surface area (Å²) in [4.78, 5) is 25.0. The molecule has 2 aliphatic heterocycles. The van der Waals surface area contributed by atoms with Gasteiger partial charge in [0.1, 0.15) is 11.6 Å². The summed E-state index contributed by atoms with van der Waals surface area (Å²) in [6.07, 6.45) is 1.53. The fourth-order valence-corrected chi connectivity index (χ4v) is 3.53. The molecule has 0 radical (unpaired) electrons. The molecule has 2 heterocycles. The van der Waals surface area contributed by atoms with E-state index in [-0.39, 0.29) is 11.3 Å². The van der Waals surface area contributed by atoms with Gasteiger partial charge in [0.2, 0.25) is 0 Å². The lowest BCUT2D eigenvalue weighted by Gasteiger charge is -2.32. The third-order valence-electron chi connectivity index (χ3n) is 3.41. The van der Waals surface area contributed by atoms with E-state index < -0.39 is 17.6 Å². The topological polar surface area (TPSA) is 66.8 Å². The summed E-state index contributed by atoms with van der Waals surface area (Å²) in [5, 5.41) is 9.04. The van der Waals surface area contributed by atoms with Crippen LogP contribution in [-0.4, -0.2) is 51.3 Å². The molecule has 0 aliphatic carbocycles. The fraction of sp³-hybridized carbons (Fsp3) is 0.818. The van der Waals surface area contributed by atoms with Crippen molar-refractivity contribution in [1.82, 2.24) is 4.90 Å². The minimum absolute atomic E-state index is 0.0929. The first-order valence-electron chi connectivity index (χ1n) is 5.77. The van der Waals surface area contributed by atoms with Crippen LogP contribution in [0.2, 0.25) is 0 Å². The van der Waals surface area contributed by atoms with Crippen molar-refractivity contribution >= 4 is 23.6 Å². The van der Waals surface area contributed by atoms with Crippen LogP contribution in [0.4, 0.5) is 0 Å². The maximum absolute atomic E-state index is 12.4. The van der Waals surface area contributed by atoms with E-state index >= 15 is 0 Å². The van der Waals surface area contributed by atoms with E-state index in [1.54, 1.807) is 6.92 Å². The van der Waals surface area contributed by atoms with Gasteiger partial charge in [0.05, 0.1) is 5.37 Å². The first kappa shape index (κ1) is 12.7. The van der Waals surface area contributed by atoms with Gasteiger partial charge in [0.15, 0.2) is 0 Å². The lowest BCUT2D eigenvalue weighted by molar-refractivity contribution is -0.159. The van der Waals surface area contributed by atoms with Crippen molar-refractivity contribution in [2.45, 2.75) is 43.7 Å². The summed E-state index contributed by atoms with van der Waals surface area (Å²) in [5.74, 6) is -0.658. The molecule has 1 amide bonds. The van der Waals surface area contributed by atoms with Crippen molar-refractivity contribution in [2.24, 2.45) is 0 Å². The Bertz CT molecular complexity index is 340. The molecular formula is C11H17NO4S. The summed E-state index contributed by atoms with van der Waals surface area (Å²) < 4.78 is 5.50. The standard InChI is InChI=1S/C11H17NO4S/c1-7-12(8(6-17-7)9(13)14)10(15)11(2)4-3-5-16-11/h7-8H,3-6H2,1-2H3,(H,13,14). The van der Waals surface area contributed by atoms with Crippen LogP contribution in [0.25, 0.3) is 0 Å². The number of hydrogen-bond acceptors (Lipinski definition) is 4. The highest BCUT2D eigenvalue weighted by Gasteiger charge is 2.48. The number of rotatable bonds is 2. The van der Waals surface area contributed by atoms with Crippen molar-refractivity contribution in [2.75, 3.05) is 12.4 Å². The van der Waals surface area contributed by atoms with Crippen molar-refractivity contribution in [3.05, 3.63) is 0 Å². The average molecular weight is 259 g/mol. The van der Waals surface area contributed by atoms with Crippen LogP contribution in [0.1, 0.15) is 26.7 Å². The molecule has 2 saturated heterocycles. The highest BCUT2D eigenvalue weighted by Crippen LogP contribution is 2.35. The number of carboxylic acids is 1. The van der Waals surface area contributed by atoms with Crippen molar-refractivity contribution in [1.29, 1.82) is 0 Å². The second kappa shape index (κ2) is 4.49. The largest absolute Gasteiger partial charge is 0.480 e. The van der Waals surface area contributed by atoms with Gasteiger partial charge in [-0.25, -0.2) is 4.79 Å². The highest BCUT2D eigenvalue weighted by molar-refractivity contribution is 8.00. The van der Waals surface area contributed by atoms with E-state index in [1.165, 1.54) is 16.7 Å². The first-order chi connectivity index (χ1) is 7.96. The van der Waals surface area contributed by atoms with Crippen LogP contribution >= 0.6 is 11.8 Å². The number of carbonyl (C=O) groups excluding carboxylic acids is 1. The molecular weight excluding hydrogens is 242 g/mol. The number of ether oxygens (including phenoxy) is 1. The van der Waals surface area contributed by atoms with E-state index in [0.717, 1.165) is 6.42 Å². The Balaban J connectivity index is 2.19. The molecule has 3 atom stereocenters. The minimum Gasteiger partial charge on any atom is -0.480 e. The molecule has 96 valence electrons. The summed E-state index contributed by atoms with van der Waals surface area (Å²) in [5.41, 5.74) is -0.827. The maximum Gasteiger partial charge on any atom is 0.327 e.